The number of benzene rings is 1. The molecule has 5 heteroatoms. The van der Waals surface area contributed by atoms with Crippen LogP contribution in [-0.2, 0) is 11.2 Å². The van der Waals surface area contributed by atoms with Crippen molar-refractivity contribution < 1.29 is 4.74 Å². The predicted molar refractivity (Wildman–Crippen MR) is 114 cm³/mol. The summed E-state index contributed by atoms with van der Waals surface area (Å²) in [6, 6.07) is 11.8. The predicted octanol–water partition coefficient (Wildman–Crippen LogP) is 4.96. The number of rotatable bonds is 4. The van der Waals surface area contributed by atoms with Gasteiger partial charge in [0.1, 0.15) is 5.82 Å². The molecule has 3 aromatic heterocycles. The van der Waals surface area contributed by atoms with E-state index in [1.54, 1.807) is 0 Å². The van der Waals surface area contributed by atoms with Crippen molar-refractivity contribution in [1.82, 2.24) is 19.2 Å². The van der Waals surface area contributed by atoms with Crippen LogP contribution < -0.4 is 0 Å². The fourth-order valence-corrected chi connectivity index (χ4v) is 4.78. The Kier molecular flexibility index (Phi) is 3.98. The number of aromatic nitrogens is 4. The van der Waals surface area contributed by atoms with E-state index in [0.29, 0.717) is 6.04 Å². The summed E-state index contributed by atoms with van der Waals surface area (Å²) >= 11 is 0. The summed E-state index contributed by atoms with van der Waals surface area (Å²) in [5.74, 6) is 1.91. The molecule has 29 heavy (non-hydrogen) atoms. The summed E-state index contributed by atoms with van der Waals surface area (Å²) in [6.07, 6.45) is 10.3. The Hall–Kier alpha value is -2.66. The Morgan fingerprint density at radius 1 is 1.00 bits per heavy atom. The lowest BCUT2D eigenvalue weighted by Gasteiger charge is -2.24. The number of aryl methyl sites for hydroxylation is 1. The van der Waals surface area contributed by atoms with Gasteiger partial charge in [0.15, 0.2) is 5.65 Å². The SMILES string of the molecule is Cc1c(-c2ccc3c(ccn3C3CCOCC3)c2)ccn2c(CC3CC3)nnc12. The molecule has 5 nitrogen and oxygen atoms in total. The number of hydrogen-bond acceptors (Lipinski definition) is 3. The fourth-order valence-electron chi connectivity index (χ4n) is 4.78. The minimum absolute atomic E-state index is 0.547. The summed E-state index contributed by atoms with van der Waals surface area (Å²) in [6.45, 7) is 3.89. The number of hydrogen-bond donors (Lipinski definition) is 0. The topological polar surface area (TPSA) is 44.4 Å². The van der Waals surface area contributed by atoms with Crippen molar-refractivity contribution in [3.63, 3.8) is 0 Å². The first-order chi connectivity index (χ1) is 14.3. The van der Waals surface area contributed by atoms with Crippen LogP contribution in [0.5, 0.6) is 0 Å². The molecule has 1 aliphatic heterocycles. The molecule has 0 N–H and O–H groups in total. The van der Waals surface area contributed by atoms with Crippen LogP contribution in [0.3, 0.4) is 0 Å². The number of fused-ring (bicyclic) bond motifs is 2. The summed E-state index contributed by atoms with van der Waals surface area (Å²) < 4.78 is 10.1. The van der Waals surface area contributed by atoms with E-state index < -0.39 is 0 Å². The molecule has 6 rings (SSSR count). The normalized spacial score (nSPS) is 18.1. The van der Waals surface area contributed by atoms with Crippen molar-refractivity contribution >= 4 is 16.6 Å². The summed E-state index contributed by atoms with van der Waals surface area (Å²) in [5.41, 5.74) is 5.98. The molecule has 2 fully saturated rings. The van der Waals surface area contributed by atoms with Gasteiger partial charge in [-0.1, -0.05) is 6.07 Å². The summed E-state index contributed by atoms with van der Waals surface area (Å²) in [7, 11) is 0. The van der Waals surface area contributed by atoms with Crippen LogP contribution in [0.25, 0.3) is 27.7 Å². The average Bonchev–Trinajstić information content (AvgIpc) is 3.32. The third kappa shape index (κ3) is 2.96. The lowest BCUT2D eigenvalue weighted by Crippen LogP contribution is -2.18. The zero-order valence-corrected chi connectivity index (χ0v) is 16.8. The zero-order chi connectivity index (χ0) is 19.4. The highest BCUT2D eigenvalue weighted by atomic mass is 16.5. The van der Waals surface area contributed by atoms with Crippen molar-refractivity contribution in [3.8, 4) is 11.1 Å². The standard InChI is InChI=1S/C24H26N4O/c1-16-21(7-11-28-23(14-17-2-3-17)25-26-24(16)28)18-4-5-22-19(15-18)6-10-27(22)20-8-12-29-13-9-20/h4-7,10-11,15,17,20H,2-3,8-9,12-14H2,1H3. The number of pyridine rings is 1. The molecule has 1 saturated heterocycles. The van der Waals surface area contributed by atoms with E-state index in [-0.39, 0.29) is 0 Å². The maximum absolute atomic E-state index is 5.53. The molecule has 0 amide bonds. The molecular weight excluding hydrogens is 360 g/mol. The fraction of sp³-hybridized carbons (Fsp3) is 0.417. The van der Waals surface area contributed by atoms with Gasteiger partial charge < -0.3 is 9.30 Å². The second-order valence-corrected chi connectivity index (χ2v) is 8.65. The third-order valence-electron chi connectivity index (χ3n) is 6.68. The van der Waals surface area contributed by atoms with Crippen molar-refractivity contribution in [2.45, 2.75) is 45.1 Å². The molecule has 1 aromatic carbocycles. The van der Waals surface area contributed by atoms with Crippen LogP contribution in [0.15, 0.2) is 42.7 Å². The molecule has 4 aromatic rings. The summed E-state index contributed by atoms with van der Waals surface area (Å²) in [5, 5.41) is 10.3. The van der Waals surface area contributed by atoms with E-state index in [9.17, 15) is 0 Å². The van der Waals surface area contributed by atoms with Crippen LogP contribution in [0.4, 0.5) is 0 Å². The van der Waals surface area contributed by atoms with Crippen molar-refractivity contribution in [2.75, 3.05) is 13.2 Å². The Balaban J connectivity index is 1.38. The van der Waals surface area contributed by atoms with Crippen molar-refractivity contribution in [3.05, 3.63) is 54.1 Å². The molecule has 0 radical (unpaired) electrons. The first kappa shape index (κ1) is 17.2. The van der Waals surface area contributed by atoms with E-state index in [1.807, 2.05) is 0 Å². The van der Waals surface area contributed by atoms with Gasteiger partial charge in [-0.15, -0.1) is 10.2 Å². The van der Waals surface area contributed by atoms with Gasteiger partial charge in [-0.05, 0) is 73.9 Å². The van der Waals surface area contributed by atoms with Gasteiger partial charge in [0.25, 0.3) is 0 Å². The van der Waals surface area contributed by atoms with Gasteiger partial charge in [-0.3, -0.25) is 4.40 Å². The first-order valence-corrected chi connectivity index (χ1v) is 10.8. The smallest absolute Gasteiger partial charge is 0.164 e. The van der Waals surface area contributed by atoms with Crippen molar-refractivity contribution in [2.24, 2.45) is 5.92 Å². The molecule has 1 saturated carbocycles. The first-order valence-electron chi connectivity index (χ1n) is 10.8. The Bertz CT molecular complexity index is 1190. The maximum Gasteiger partial charge on any atom is 0.164 e. The minimum atomic E-state index is 0.547. The highest BCUT2D eigenvalue weighted by molar-refractivity contribution is 5.87. The largest absolute Gasteiger partial charge is 0.381 e. The van der Waals surface area contributed by atoms with E-state index in [2.05, 4.69) is 68.8 Å². The van der Waals surface area contributed by atoms with Crippen LogP contribution in [0, 0.1) is 12.8 Å². The lowest BCUT2D eigenvalue weighted by atomic mass is 10.0. The van der Waals surface area contributed by atoms with Gasteiger partial charge in [-0.2, -0.15) is 0 Å². The van der Waals surface area contributed by atoms with Crippen LogP contribution >= 0.6 is 0 Å². The van der Waals surface area contributed by atoms with E-state index in [4.69, 9.17) is 4.74 Å². The highest BCUT2D eigenvalue weighted by Gasteiger charge is 2.24. The Morgan fingerprint density at radius 2 is 1.86 bits per heavy atom. The molecule has 1 aliphatic carbocycles. The highest BCUT2D eigenvalue weighted by Crippen LogP contribution is 2.34. The van der Waals surface area contributed by atoms with Crippen molar-refractivity contribution in [1.29, 1.82) is 0 Å². The lowest BCUT2D eigenvalue weighted by molar-refractivity contribution is 0.0707. The quantitative estimate of drug-likeness (QED) is 0.498. The van der Waals surface area contributed by atoms with Gasteiger partial charge in [0, 0.05) is 54.5 Å². The summed E-state index contributed by atoms with van der Waals surface area (Å²) in [4.78, 5) is 0. The minimum Gasteiger partial charge on any atom is -0.381 e. The second-order valence-electron chi connectivity index (χ2n) is 8.65. The van der Waals surface area contributed by atoms with Crippen LogP contribution in [0.1, 0.15) is 43.1 Å². The van der Waals surface area contributed by atoms with E-state index in [1.165, 1.54) is 40.4 Å². The van der Waals surface area contributed by atoms with E-state index >= 15 is 0 Å². The molecule has 0 atom stereocenters. The Labute approximate surface area is 170 Å². The molecule has 0 spiro atoms. The van der Waals surface area contributed by atoms with Gasteiger partial charge >= 0.3 is 0 Å². The number of nitrogens with zero attached hydrogens (tertiary/aromatic N) is 4. The molecule has 148 valence electrons. The molecular formula is C24H26N4O. The average molecular weight is 386 g/mol. The number of ether oxygens (including phenoxy) is 1. The molecule has 0 unspecified atom stereocenters. The van der Waals surface area contributed by atoms with E-state index in [0.717, 1.165) is 49.9 Å². The van der Waals surface area contributed by atoms with Gasteiger partial charge in [0.05, 0.1) is 0 Å². The molecule has 4 heterocycles. The maximum atomic E-state index is 5.53. The third-order valence-corrected chi connectivity index (χ3v) is 6.68. The van der Waals surface area contributed by atoms with Crippen LogP contribution in [-0.4, -0.2) is 32.4 Å². The Morgan fingerprint density at radius 3 is 2.69 bits per heavy atom. The van der Waals surface area contributed by atoms with Crippen LogP contribution in [0.2, 0.25) is 0 Å². The molecule has 2 aliphatic rings. The molecule has 0 bridgehead atoms. The monoisotopic (exact) mass is 386 g/mol. The second kappa shape index (κ2) is 6.70. The van der Waals surface area contributed by atoms with Gasteiger partial charge in [-0.25, -0.2) is 0 Å². The zero-order valence-electron chi connectivity index (χ0n) is 16.8. The van der Waals surface area contributed by atoms with Gasteiger partial charge in [0.2, 0.25) is 0 Å².